The van der Waals surface area contributed by atoms with Gasteiger partial charge in [-0.25, -0.2) is 14.4 Å². The molecule has 0 bridgehead atoms. The number of Topliss-reactive ketones (excluding diaryl/α,β-unsaturated/α-hetero) is 1. The normalized spacial score (nSPS) is 10.4. The van der Waals surface area contributed by atoms with Gasteiger partial charge < -0.3 is 10.1 Å². The number of aromatic nitrogens is 2. The minimum Gasteiger partial charge on any atom is -0.439 e. The van der Waals surface area contributed by atoms with Crippen LogP contribution in [0.2, 0.25) is 0 Å². The molecule has 142 valence electrons. The maximum absolute atomic E-state index is 12.9. The van der Waals surface area contributed by atoms with E-state index in [4.69, 9.17) is 4.74 Å². The van der Waals surface area contributed by atoms with Gasteiger partial charge in [-0.1, -0.05) is 24.3 Å². The number of benzene rings is 2. The second-order valence-electron chi connectivity index (χ2n) is 6.19. The van der Waals surface area contributed by atoms with Gasteiger partial charge in [-0.2, -0.15) is 0 Å². The van der Waals surface area contributed by atoms with Gasteiger partial charge in [0.1, 0.15) is 29.5 Å². The lowest BCUT2D eigenvalue weighted by molar-refractivity contribution is -0.118. The monoisotopic (exact) mass is 379 g/mol. The van der Waals surface area contributed by atoms with Crippen LogP contribution in [0.15, 0.2) is 60.9 Å². The standard InChI is InChI=1S/C21H18FN3O3/c1-14(26)25-20-12-21(24-13-23-20)28-19-8-4-16(5-9-19)11-18(27)10-15-2-6-17(22)7-3-15/h2-9,12-13H,10-11H2,1H3,(H,23,24,25,26). The molecule has 0 saturated carbocycles. The molecule has 0 fully saturated rings. The van der Waals surface area contributed by atoms with Crippen LogP contribution in [0.1, 0.15) is 18.1 Å². The highest BCUT2D eigenvalue weighted by Gasteiger charge is 2.07. The van der Waals surface area contributed by atoms with E-state index in [2.05, 4.69) is 15.3 Å². The molecule has 1 heterocycles. The minimum atomic E-state index is -0.320. The van der Waals surface area contributed by atoms with Gasteiger partial charge in [0.2, 0.25) is 11.8 Å². The molecule has 0 spiro atoms. The molecule has 0 saturated heterocycles. The van der Waals surface area contributed by atoms with Crippen molar-refractivity contribution in [1.29, 1.82) is 0 Å². The first-order valence-corrected chi connectivity index (χ1v) is 8.60. The predicted molar refractivity (Wildman–Crippen MR) is 102 cm³/mol. The Hall–Kier alpha value is -3.61. The van der Waals surface area contributed by atoms with Crippen molar-refractivity contribution in [2.45, 2.75) is 19.8 Å². The maximum Gasteiger partial charge on any atom is 0.224 e. The largest absolute Gasteiger partial charge is 0.439 e. The fourth-order valence-corrected chi connectivity index (χ4v) is 2.56. The van der Waals surface area contributed by atoms with E-state index in [0.29, 0.717) is 17.4 Å². The quantitative estimate of drug-likeness (QED) is 0.677. The zero-order valence-electron chi connectivity index (χ0n) is 15.2. The Bertz CT molecular complexity index is 973. The summed E-state index contributed by atoms with van der Waals surface area (Å²) >= 11 is 0. The molecule has 1 amide bonds. The molecule has 0 aliphatic carbocycles. The summed E-state index contributed by atoms with van der Waals surface area (Å²) in [5, 5.41) is 2.56. The number of halogens is 1. The van der Waals surface area contributed by atoms with E-state index in [9.17, 15) is 14.0 Å². The Balaban J connectivity index is 1.58. The second-order valence-corrected chi connectivity index (χ2v) is 6.19. The van der Waals surface area contributed by atoms with Crippen molar-refractivity contribution in [1.82, 2.24) is 9.97 Å². The molecular formula is C21H18FN3O3. The van der Waals surface area contributed by atoms with Crippen molar-refractivity contribution >= 4 is 17.5 Å². The van der Waals surface area contributed by atoms with Crippen molar-refractivity contribution in [3.63, 3.8) is 0 Å². The van der Waals surface area contributed by atoms with Gasteiger partial charge in [0, 0.05) is 25.8 Å². The van der Waals surface area contributed by atoms with Crippen molar-refractivity contribution in [2.24, 2.45) is 0 Å². The van der Waals surface area contributed by atoms with Gasteiger partial charge in [0.05, 0.1) is 0 Å². The summed E-state index contributed by atoms with van der Waals surface area (Å²) in [6.45, 7) is 1.39. The average molecular weight is 379 g/mol. The molecule has 28 heavy (non-hydrogen) atoms. The number of nitrogens with one attached hydrogen (secondary N) is 1. The molecule has 6 nitrogen and oxygen atoms in total. The van der Waals surface area contributed by atoms with Crippen LogP contribution in [0.4, 0.5) is 10.2 Å². The molecule has 0 unspecified atom stereocenters. The van der Waals surface area contributed by atoms with Crippen molar-refractivity contribution in [3.05, 3.63) is 77.9 Å². The van der Waals surface area contributed by atoms with E-state index >= 15 is 0 Å². The van der Waals surface area contributed by atoms with Crippen LogP contribution < -0.4 is 10.1 Å². The number of hydrogen-bond donors (Lipinski definition) is 1. The third-order valence-corrected chi connectivity index (χ3v) is 3.81. The SMILES string of the molecule is CC(=O)Nc1cc(Oc2ccc(CC(=O)Cc3ccc(F)cc3)cc2)ncn1. The minimum absolute atomic E-state index is 0.0380. The number of rotatable bonds is 7. The first-order chi connectivity index (χ1) is 13.5. The third-order valence-electron chi connectivity index (χ3n) is 3.81. The molecule has 0 atom stereocenters. The smallest absolute Gasteiger partial charge is 0.224 e. The Morgan fingerprint density at radius 2 is 1.57 bits per heavy atom. The molecule has 1 aromatic heterocycles. The van der Waals surface area contributed by atoms with Gasteiger partial charge in [0.25, 0.3) is 0 Å². The van der Waals surface area contributed by atoms with Crippen molar-refractivity contribution < 1.29 is 18.7 Å². The molecule has 0 aliphatic rings. The molecule has 0 aliphatic heterocycles. The first-order valence-electron chi connectivity index (χ1n) is 8.60. The predicted octanol–water partition coefficient (Wildman–Crippen LogP) is 3.72. The Morgan fingerprint density at radius 3 is 2.18 bits per heavy atom. The van der Waals surface area contributed by atoms with E-state index in [1.165, 1.54) is 31.5 Å². The van der Waals surface area contributed by atoms with Crippen LogP contribution in [0.5, 0.6) is 11.6 Å². The average Bonchev–Trinajstić information content (AvgIpc) is 2.65. The fourth-order valence-electron chi connectivity index (χ4n) is 2.56. The summed E-state index contributed by atoms with van der Waals surface area (Å²) in [5.41, 5.74) is 1.63. The van der Waals surface area contributed by atoms with Crippen LogP contribution in [0.3, 0.4) is 0 Å². The van der Waals surface area contributed by atoms with Gasteiger partial charge >= 0.3 is 0 Å². The molecule has 1 N–H and O–H groups in total. The maximum atomic E-state index is 12.9. The Kier molecular flexibility index (Phi) is 6.06. The van der Waals surface area contributed by atoms with Gasteiger partial charge in [-0.15, -0.1) is 0 Å². The summed E-state index contributed by atoms with van der Waals surface area (Å²) in [6.07, 6.45) is 1.83. The van der Waals surface area contributed by atoms with E-state index in [1.807, 2.05) is 0 Å². The third kappa shape index (κ3) is 5.70. The van der Waals surface area contributed by atoms with Crippen LogP contribution in [-0.2, 0) is 22.4 Å². The number of hydrogen-bond acceptors (Lipinski definition) is 5. The van der Waals surface area contributed by atoms with Crippen LogP contribution in [-0.4, -0.2) is 21.7 Å². The number of carbonyl (C=O) groups excluding carboxylic acids is 2. The molecular weight excluding hydrogens is 361 g/mol. The number of carbonyl (C=O) groups is 2. The van der Waals surface area contributed by atoms with E-state index in [0.717, 1.165) is 11.1 Å². The molecule has 2 aromatic carbocycles. The Morgan fingerprint density at radius 1 is 0.964 bits per heavy atom. The van der Waals surface area contributed by atoms with Gasteiger partial charge in [-0.05, 0) is 35.4 Å². The summed E-state index contributed by atoms with van der Waals surface area (Å²) in [4.78, 5) is 31.2. The highest BCUT2D eigenvalue weighted by molar-refractivity contribution is 5.87. The Labute approximate surface area is 161 Å². The fraction of sp³-hybridized carbons (Fsp3) is 0.143. The van der Waals surface area contributed by atoms with Crippen molar-refractivity contribution in [2.75, 3.05) is 5.32 Å². The second kappa shape index (κ2) is 8.85. The van der Waals surface area contributed by atoms with E-state index < -0.39 is 0 Å². The number of ether oxygens (including phenoxy) is 1. The number of nitrogens with zero attached hydrogens (tertiary/aromatic N) is 2. The van der Waals surface area contributed by atoms with Gasteiger partial charge in [-0.3, -0.25) is 9.59 Å². The zero-order valence-corrected chi connectivity index (χ0v) is 15.2. The lowest BCUT2D eigenvalue weighted by Gasteiger charge is -2.07. The number of amides is 1. The van der Waals surface area contributed by atoms with E-state index in [-0.39, 0.29) is 30.3 Å². The molecule has 3 aromatic rings. The number of anilines is 1. The lowest BCUT2D eigenvalue weighted by Crippen LogP contribution is -2.07. The van der Waals surface area contributed by atoms with Gasteiger partial charge in [0.15, 0.2) is 0 Å². The van der Waals surface area contributed by atoms with E-state index in [1.54, 1.807) is 36.4 Å². The summed E-state index contributed by atoms with van der Waals surface area (Å²) in [5.74, 6) is 0.664. The summed E-state index contributed by atoms with van der Waals surface area (Å²) in [6, 6.07) is 14.5. The first kappa shape index (κ1) is 19.2. The highest BCUT2D eigenvalue weighted by Crippen LogP contribution is 2.21. The number of ketones is 1. The van der Waals surface area contributed by atoms with Crippen LogP contribution in [0.25, 0.3) is 0 Å². The van der Waals surface area contributed by atoms with Crippen LogP contribution >= 0.6 is 0 Å². The topological polar surface area (TPSA) is 81.2 Å². The van der Waals surface area contributed by atoms with Crippen LogP contribution in [0, 0.1) is 5.82 Å². The molecule has 7 heteroatoms. The molecule has 3 rings (SSSR count). The lowest BCUT2D eigenvalue weighted by atomic mass is 10.0. The van der Waals surface area contributed by atoms with Crippen molar-refractivity contribution in [3.8, 4) is 11.6 Å². The summed E-state index contributed by atoms with van der Waals surface area (Å²) in [7, 11) is 0. The summed E-state index contributed by atoms with van der Waals surface area (Å²) < 4.78 is 18.6. The molecule has 0 radical (unpaired) electrons. The zero-order chi connectivity index (χ0) is 19.9. The highest BCUT2D eigenvalue weighted by atomic mass is 19.1.